The average molecular weight is 407 g/mol. The summed E-state index contributed by atoms with van der Waals surface area (Å²) in [5.41, 5.74) is 0. The van der Waals surface area contributed by atoms with Gasteiger partial charge in [-0.05, 0) is 0 Å². The molecular formula is H3Cd2InS2. The summed E-state index contributed by atoms with van der Waals surface area (Å²) in [4.78, 5) is 0. The second-order valence-electron chi connectivity index (χ2n) is 0. The Balaban J connectivity index is -0.0000000133. The minimum absolute atomic E-state index is 0. The van der Waals surface area contributed by atoms with Gasteiger partial charge in [0, 0.05) is 0 Å². The molecule has 0 amide bonds. The molecule has 5 heavy (non-hydrogen) atoms. The summed E-state index contributed by atoms with van der Waals surface area (Å²) >= 11 is 1.47. The van der Waals surface area contributed by atoms with E-state index in [1.807, 2.05) is 0 Å². The third-order valence-electron chi connectivity index (χ3n) is 0. The molecule has 0 aliphatic heterocycles. The Kier molecular flexibility index (Phi) is 85.6. The van der Waals surface area contributed by atoms with Gasteiger partial charge in [0.1, 0.15) is 0 Å². The van der Waals surface area contributed by atoms with Gasteiger partial charge >= 0.3 is 90.5 Å². The van der Waals surface area contributed by atoms with Crippen LogP contribution in [0.1, 0.15) is 0 Å². The van der Waals surface area contributed by atoms with Crippen LogP contribution in [0.15, 0.2) is 0 Å². The monoisotopic (exact) mass is 410 g/mol. The van der Waals surface area contributed by atoms with Crippen LogP contribution >= 0.6 is 17.3 Å². The van der Waals surface area contributed by atoms with Crippen LogP contribution in [-0.4, -0.2) is 25.8 Å². The first-order chi connectivity index (χ1) is 2.00. The molecule has 0 atom stereocenters. The Morgan fingerprint density at radius 3 is 0.800 bits per heavy atom. The van der Waals surface area contributed by atoms with E-state index in [1.165, 1.54) is 0 Å². The average Bonchev–Trinajstić information content (AvgIpc) is 1.50. The molecule has 0 spiro atoms. The summed E-state index contributed by atoms with van der Waals surface area (Å²) in [7, 11) is 8.51. The van der Waals surface area contributed by atoms with Crippen LogP contribution in [0.5, 0.6) is 0 Å². The van der Waals surface area contributed by atoms with Crippen molar-refractivity contribution in [2.24, 2.45) is 0 Å². The molecule has 0 aromatic carbocycles. The Morgan fingerprint density at radius 2 is 0.800 bits per heavy atom. The third-order valence-corrected chi connectivity index (χ3v) is 0. The van der Waals surface area contributed by atoms with E-state index < -0.39 is 0 Å². The van der Waals surface area contributed by atoms with E-state index in [0.717, 1.165) is 47.4 Å². The second-order valence-corrected chi connectivity index (χ2v) is 0. The van der Waals surface area contributed by atoms with Gasteiger partial charge in [0.15, 0.2) is 0 Å². The van der Waals surface area contributed by atoms with Gasteiger partial charge in [0.2, 0.25) is 0 Å². The first kappa shape index (κ1) is 15.7. The van der Waals surface area contributed by atoms with E-state index in [2.05, 4.69) is 17.3 Å². The Hall–Kier alpha value is 3.15. The van der Waals surface area contributed by atoms with Crippen molar-refractivity contribution in [2.45, 2.75) is 0 Å². The molecule has 0 nitrogen and oxygen atoms in total. The molecule has 0 aliphatic rings. The number of hydrogen-bond donors (Lipinski definition) is 0. The molecule has 0 radical (unpaired) electrons. The van der Waals surface area contributed by atoms with E-state index in [4.69, 9.17) is 0 Å². The SMILES string of the molecule is [InH3].[S]=[Cd].[S]=[Cd]. The third kappa shape index (κ3) is 19.1. The van der Waals surface area contributed by atoms with Gasteiger partial charge in [-0.3, -0.25) is 0 Å². The fourth-order valence-electron chi connectivity index (χ4n) is 0. The summed E-state index contributed by atoms with van der Waals surface area (Å²) in [5, 5.41) is 0. The first-order valence-corrected chi connectivity index (χ1v) is 11.6. The fraction of sp³-hybridized carbons (Fsp3) is 0. The summed E-state index contributed by atoms with van der Waals surface area (Å²) in [6, 6.07) is 0. The summed E-state index contributed by atoms with van der Waals surface area (Å²) < 4.78 is 0. The van der Waals surface area contributed by atoms with Gasteiger partial charge < -0.3 is 0 Å². The molecular weight excluding hydrogens is 404 g/mol. The van der Waals surface area contributed by atoms with E-state index in [9.17, 15) is 0 Å². The van der Waals surface area contributed by atoms with Gasteiger partial charge in [-0.25, -0.2) is 0 Å². The zero-order valence-corrected chi connectivity index (χ0v) is 11.9. The van der Waals surface area contributed by atoms with Gasteiger partial charge in [-0.15, -0.1) is 0 Å². The van der Waals surface area contributed by atoms with Crippen LogP contribution in [0.2, 0.25) is 0 Å². The van der Waals surface area contributed by atoms with Crippen LogP contribution in [0.3, 0.4) is 0 Å². The van der Waals surface area contributed by atoms with Gasteiger partial charge in [-0.1, -0.05) is 0 Å². The zero-order valence-electron chi connectivity index (χ0n) is 2.23. The van der Waals surface area contributed by atoms with Crippen molar-refractivity contribution in [1.82, 2.24) is 0 Å². The summed E-state index contributed by atoms with van der Waals surface area (Å²) in [6.07, 6.45) is 0. The van der Waals surface area contributed by atoms with Crippen LogP contribution in [0, 0.1) is 0 Å². The molecule has 0 N–H and O–H groups in total. The fourth-order valence-corrected chi connectivity index (χ4v) is 0. The van der Waals surface area contributed by atoms with Gasteiger partial charge in [0.05, 0.1) is 0 Å². The molecule has 0 aromatic heterocycles. The normalized spacial score (nSPS) is 2.40. The van der Waals surface area contributed by atoms with Crippen molar-refractivity contribution in [3.63, 3.8) is 0 Å². The Labute approximate surface area is 88.3 Å². The van der Waals surface area contributed by atoms with Crippen LogP contribution in [0.25, 0.3) is 0 Å². The summed E-state index contributed by atoms with van der Waals surface area (Å²) in [5.74, 6) is 0. The van der Waals surface area contributed by atoms with E-state index >= 15 is 0 Å². The van der Waals surface area contributed by atoms with E-state index in [-0.39, 0.29) is 25.8 Å². The zero-order chi connectivity index (χ0) is 4.00. The van der Waals surface area contributed by atoms with Crippen molar-refractivity contribution < 1.29 is 47.4 Å². The molecule has 0 heterocycles. The predicted octanol–water partition coefficient (Wildman–Crippen LogP) is 0.108. The molecule has 22 valence electrons. The van der Waals surface area contributed by atoms with E-state index in [0.29, 0.717) is 0 Å². The van der Waals surface area contributed by atoms with Crippen molar-refractivity contribution in [2.75, 3.05) is 0 Å². The predicted molar refractivity (Wildman–Crippen MR) is 25.1 cm³/mol. The van der Waals surface area contributed by atoms with Crippen LogP contribution in [-0.2, 0) is 47.4 Å². The standard InChI is InChI=1S/2Cd.In.2S.3H. The molecule has 0 aromatic rings. The minimum atomic E-state index is 0. The van der Waals surface area contributed by atoms with Crippen molar-refractivity contribution in [1.29, 1.82) is 0 Å². The van der Waals surface area contributed by atoms with E-state index in [1.54, 1.807) is 0 Å². The molecule has 0 aliphatic carbocycles. The second kappa shape index (κ2) is 27.2. The topological polar surface area (TPSA) is 0 Å². The molecule has 0 saturated carbocycles. The van der Waals surface area contributed by atoms with Crippen molar-refractivity contribution in [3.05, 3.63) is 0 Å². The molecule has 0 bridgehead atoms. The first-order valence-electron chi connectivity index (χ1n) is 0.577. The summed E-state index contributed by atoms with van der Waals surface area (Å²) in [6.45, 7) is 0. The molecule has 5 heteroatoms. The van der Waals surface area contributed by atoms with Gasteiger partial charge in [-0.2, -0.15) is 0 Å². The molecule has 0 unspecified atom stereocenters. The molecule has 0 saturated heterocycles. The van der Waals surface area contributed by atoms with Crippen LogP contribution < -0.4 is 0 Å². The van der Waals surface area contributed by atoms with Crippen molar-refractivity contribution >= 4 is 43.1 Å². The Bertz CT molecular complexity index is 9.61. The Morgan fingerprint density at radius 1 is 0.800 bits per heavy atom. The molecule has 0 rings (SSSR count). The number of hydrogen-bond acceptors (Lipinski definition) is 2. The molecule has 0 fully saturated rings. The maximum atomic E-state index is 4.25. The van der Waals surface area contributed by atoms with Crippen molar-refractivity contribution in [3.8, 4) is 0 Å². The quantitative estimate of drug-likeness (QED) is 0.524. The van der Waals surface area contributed by atoms with Crippen LogP contribution in [0.4, 0.5) is 0 Å². The maximum absolute atomic E-state index is 4.25. The van der Waals surface area contributed by atoms with Gasteiger partial charge in [0.25, 0.3) is 0 Å². The number of rotatable bonds is 0.